The molecule has 0 unspecified atom stereocenters. The van der Waals surface area contributed by atoms with Crippen molar-refractivity contribution in [2.75, 3.05) is 26.9 Å². The summed E-state index contributed by atoms with van der Waals surface area (Å²) in [5, 5.41) is 0. The van der Waals surface area contributed by atoms with Crippen LogP contribution in [-0.4, -0.2) is 62.1 Å². The summed E-state index contributed by atoms with van der Waals surface area (Å²) in [6.07, 6.45) is 4.44. The molecule has 1 amide bonds. The quantitative estimate of drug-likeness (QED) is 0.498. The summed E-state index contributed by atoms with van der Waals surface area (Å²) in [6.45, 7) is 4.78. The summed E-state index contributed by atoms with van der Waals surface area (Å²) >= 11 is 0. The van der Waals surface area contributed by atoms with Crippen molar-refractivity contribution in [2.24, 2.45) is 0 Å². The van der Waals surface area contributed by atoms with Gasteiger partial charge in [-0.1, -0.05) is 11.8 Å². The van der Waals surface area contributed by atoms with Crippen molar-refractivity contribution in [3.63, 3.8) is 0 Å². The lowest BCUT2D eigenvalue weighted by Gasteiger charge is -2.24. The van der Waals surface area contributed by atoms with Crippen molar-refractivity contribution in [1.29, 1.82) is 0 Å². The van der Waals surface area contributed by atoms with Gasteiger partial charge < -0.3 is 18.9 Å². The van der Waals surface area contributed by atoms with Gasteiger partial charge in [-0.25, -0.2) is 0 Å². The predicted molar refractivity (Wildman–Crippen MR) is 98.4 cm³/mol. The molecule has 2 fully saturated rings. The maximum atomic E-state index is 12.1. The molecule has 2 rings (SSSR count). The van der Waals surface area contributed by atoms with E-state index in [-0.39, 0.29) is 29.7 Å². The van der Waals surface area contributed by atoms with E-state index in [9.17, 15) is 9.59 Å². The summed E-state index contributed by atoms with van der Waals surface area (Å²) in [5.74, 6) is 5.48. The van der Waals surface area contributed by atoms with Crippen molar-refractivity contribution in [1.82, 2.24) is 4.90 Å². The first kappa shape index (κ1) is 21.6. The number of ketones is 1. The van der Waals surface area contributed by atoms with E-state index in [1.165, 1.54) is 24.9 Å². The fraction of sp³-hybridized carbons (Fsp3) is 0.700. The van der Waals surface area contributed by atoms with Gasteiger partial charge in [-0.3, -0.25) is 14.5 Å². The van der Waals surface area contributed by atoms with E-state index in [4.69, 9.17) is 18.9 Å². The fourth-order valence-electron chi connectivity index (χ4n) is 2.98. The molecule has 0 aliphatic carbocycles. The molecule has 7 nitrogen and oxygen atoms in total. The molecule has 150 valence electrons. The number of ether oxygens (including phenoxy) is 4. The minimum atomic E-state index is -0.400. The summed E-state index contributed by atoms with van der Waals surface area (Å²) in [4.78, 5) is 25.5. The Morgan fingerprint density at radius 1 is 1.22 bits per heavy atom. The zero-order chi connectivity index (χ0) is 19.6. The van der Waals surface area contributed by atoms with Crippen molar-refractivity contribution in [2.45, 2.75) is 64.6 Å². The van der Waals surface area contributed by atoms with Crippen LogP contribution in [0.4, 0.5) is 0 Å². The smallest absolute Gasteiger partial charge is 0.225 e. The highest BCUT2D eigenvalue weighted by Gasteiger charge is 2.31. The highest BCUT2D eigenvalue weighted by atomic mass is 16.7. The number of hydrogen-bond acceptors (Lipinski definition) is 6. The summed E-state index contributed by atoms with van der Waals surface area (Å²) < 4.78 is 21.9. The molecule has 0 bridgehead atoms. The van der Waals surface area contributed by atoms with Gasteiger partial charge in [-0.15, -0.1) is 0 Å². The highest BCUT2D eigenvalue weighted by molar-refractivity contribution is 5.98. The van der Waals surface area contributed by atoms with E-state index in [1.807, 2.05) is 0 Å². The minimum Gasteiger partial charge on any atom is -0.382 e. The molecule has 0 N–H and O–H groups in total. The highest BCUT2D eigenvalue weighted by Crippen LogP contribution is 2.24. The SMILES string of the molecule is COC[C@@H]1CC[C@H](N(/C=C(/C#CCCC2OCCCO2)C(C)=O)C(C)=O)O1. The van der Waals surface area contributed by atoms with E-state index < -0.39 is 6.23 Å². The molecule has 0 aromatic heterocycles. The van der Waals surface area contributed by atoms with Gasteiger partial charge in [-0.05, 0) is 26.2 Å². The predicted octanol–water partition coefficient (Wildman–Crippen LogP) is 2.01. The second-order valence-electron chi connectivity index (χ2n) is 6.64. The fourth-order valence-corrected chi connectivity index (χ4v) is 2.98. The summed E-state index contributed by atoms with van der Waals surface area (Å²) in [7, 11) is 1.62. The molecule has 7 heteroatoms. The number of carbonyl (C=O) groups is 2. The summed E-state index contributed by atoms with van der Waals surface area (Å²) in [6, 6.07) is 0. The van der Waals surface area contributed by atoms with E-state index in [1.54, 1.807) is 7.11 Å². The third-order valence-corrected chi connectivity index (χ3v) is 4.38. The lowest BCUT2D eigenvalue weighted by Crippen LogP contribution is -2.35. The molecule has 0 radical (unpaired) electrons. The topological polar surface area (TPSA) is 74.3 Å². The maximum absolute atomic E-state index is 12.1. The van der Waals surface area contributed by atoms with Gasteiger partial charge in [0, 0.05) is 33.1 Å². The Kier molecular flexibility index (Phi) is 8.95. The van der Waals surface area contributed by atoms with Crippen molar-refractivity contribution in [3.05, 3.63) is 11.8 Å². The van der Waals surface area contributed by atoms with E-state index >= 15 is 0 Å². The molecule has 2 aliphatic heterocycles. The lowest BCUT2D eigenvalue weighted by atomic mass is 10.1. The van der Waals surface area contributed by atoms with E-state index in [2.05, 4.69) is 11.8 Å². The van der Waals surface area contributed by atoms with Gasteiger partial charge in [0.15, 0.2) is 12.1 Å². The number of amides is 1. The second kappa shape index (κ2) is 11.2. The van der Waals surface area contributed by atoms with Crippen molar-refractivity contribution >= 4 is 11.7 Å². The Balaban J connectivity index is 1.99. The van der Waals surface area contributed by atoms with Crippen molar-refractivity contribution < 1.29 is 28.5 Å². The Labute approximate surface area is 161 Å². The zero-order valence-electron chi connectivity index (χ0n) is 16.4. The van der Waals surface area contributed by atoms with Crippen LogP contribution < -0.4 is 0 Å². The first-order chi connectivity index (χ1) is 13.0. The normalized spacial score (nSPS) is 23.6. The number of methoxy groups -OCH3 is 1. The second-order valence-corrected chi connectivity index (χ2v) is 6.64. The van der Waals surface area contributed by atoms with Crippen LogP contribution in [0.3, 0.4) is 0 Å². The molecule has 0 spiro atoms. The average molecular weight is 379 g/mol. The van der Waals surface area contributed by atoms with Crippen LogP contribution in [-0.2, 0) is 28.5 Å². The molecule has 0 saturated carbocycles. The number of allylic oxidation sites excluding steroid dienone is 1. The van der Waals surface area contributed by atoms with Crippen LogP contribution in [0, 0.1) is 11.8 Å². The molecule has 27 heavy (non-hydrogen) atoms. The number of hydrogen-bond donors (Lipinski definition) is 0. The van der Waals surface area contributed by atoms with Gasteiger partial charge in [-0.2, -0.15) is 0 Å². The van der Waals surface area contributed by atoms with E-state index in [0.29, 0.717) is 39.1 Å². The molecule has 2 atom stereocenters. The largest absolute Gasteiger partial charge is 0.382 e. The van der Waals surface area contributed by atoms with Gasteiger partial charge in [0.2, 0.25) is 5.91 Å². The summed E-state index contributed by atoms with van der Waals surface area (Å²) in [5.41, 5.74) is 0.287. The van der Waals surface area contributed by atoms with Crippen LogP contribution in [0.25, 0.3) is 0 Å². The van der Waals surface area contributed by atoms with Crippen LogP contribution in [0.15, 0.2) is 11.8 Å². The van der Waals surface area contributed by atoms with Crippen LogP contribution in [0.2, 0.25) is 0 Å². The van der Waals surface area contributed by atoms with Crippen LogP contribution in [0.5, 0.6) is 0 Å². The Bertz CT molecular complexity index is 599. The molecular weight excluding hydrogens is 350 g/mol. The Hall–Kier alpha value is -1.72. The van der Waals surface area contributed by atoms with E-state index in [0.717, 1.165) is 12.8 Å². The first-order valence-electron chi connectivity index (χ1n) is 9.39. The minimum absolute atomic E-state index is 0.0439. The molecular formula is C20H29NO6. The monoisotopic (exact) mass is 379 g/mol. The number of Topliss-reactive ketones (excluding diaryl/α,β-unsaturated/α-hetero) is 1. The standard InChI is InChI=1S/C20H29NO6/c1-15(22)17(7-4-5-8-20-25-11-6-12-26-20)13-21(16(2)23)19-10-9-18(27-19)14-24-3/h13,18-20H,5-6,8-12,14H2,1-3H3/b17-13-/t18-,19+/m0/s1. The first-order valence-corrected chi connectivity index (χ1v) is 9.39. The number of carbonyl (C=O) groups excluding carboxylic acids is 2. The molecule has 0 aromatic carbocycles. The van der Waals surface area contributed by atoms with Gasteiger partial charge in [0.25, 0.3) is 0 Å². The molecule has 2 heterocycles. The van der Waals surface area contributed by atoms with Gasteiger partial charge >= 0.3 is 0 Å². The zero-order valence-corrected chi connectivity index (χ0v) is 16.4. The van der Waals surface area contributed by atoms with Gasteiger partial charge in [0.05, 0.1) is 31.5 Å². The number of rotatable bonds is 7. The van der Waals surface area contributed by atoms with Crippen LogP contribution >= 0.6 is 0 Å². The maximum Gasteiger partial charge on any atom is 0.225 e. The Morgan fingerprint density at radius 3 is 2.59 bits per heavy atom. The molecule has 2 aliphatic rings. The van der Waals surface area contributed by atoms with Crippen LogP contribution in [0.1, 0.15) is 46.0 Å². The Morgan fingerprint density at radius 2 is 1.96 bits per heavy atom. The van der Waals surface area contributed by atoms with Crippen molar-refractivity contribution in [3.8, 4) is 11.8 Å². The average Bonchev–Trinajstić information content (AvgIpc) is 3.10. The third kappa shape index (κ3) is 7.07. The molecule has 0 aromatic rings. The third-order valence-electron chi connectivity index (χ3n) is 4.38. The van der Waals surface area contributed by atoms with Gasteiger partial charge in [0.1, 0.15) is 6.23 Å². The molecule has 2 saturated heterocycles. The number of nitrogens with zero attached hydrogens (tertiary/aromatic N) is 1. The lowest BCUT2D eigenvalue weighted by molar-refractivity contribution is -0.180.